The lowest BCUT2D eigenvalue weighted by Gasteiger charge is -2.22. The van der Waals surface area contributed by atoms with E-state index in [2.05, 4.69) is 14.8 Å². The fraction of sp³-hybridized carbons (Fsp3) is 0.500. The van der Waals surface area contributed by atoms with Crippen LogP contribution in [0.25, 0.3) is 0 Å². The lowest BCUT2D eigenvalue weighted by atomic mass is 10.00. The molecule has 0 spiro atoms. The first-order valence-corrected chi connectivity index (χ1v) is 7.55. The van der Waals surface area contributed by atoms with Gasteiger partial charge in [-0.1, -0.05) is 0 Å². The van der Waals surface area contributed by atoms with Crippen LogP contribution in [0.15, 0.2) is 24.3 Å². The van der Waals surface area contributed by atoms with Gasteiger partial charge in [-0.3, -0.25) is 4.57 Å². The second-order valence-corrected chi connectivity index (χ2v) is 5.56. The summed E-state index contributed by atoms with van der Waals surface area (Å²) in [5.74, 6) is 3.16. The van der Waals surface area contributed by atoms with E-state index in [1.165, 1.54) is 0 Å². The van der Waals surface area contributed by atoms with E-state index in [1.54, 1.807) is 7.11 Å². The van der Waals surface area contributed by atoms with Crippen LogP contribution in [0.4, 0.5) is 11.6 Å². The Kier molecular flexibility index (Phi) is 5.85. The van der Waals surface area contributed by atoms with E-state index in [0.717, 1.165) is 49.3 Å². The molecule has 7 heteroatoms. The van der Waals surface area contributed by atoms with Gasteiger partial charge in [-0.2, -0.15) is 0 Å². The fourth-order valence-electron chi connectivity index (χ4n) is 2.86. The van der Waals surface area contributed by atoms with Crippen LogP contribution in [-0.4, -0.2) is 42.1 Å². The highest BCUT2D eigenvalue weighted by Gasteiger charge is 2.23. The minimum absolute atomic E-state index is 0. The highest BCUT2D eigenvalue weighted by atomic mass is 35.5. The Balaban J connectivity index is 0.00000192. The molecule has 0 atom stereocenters. The lowest BCUT2D eigenvalue weighted by Crippen LogP contribution is -2.19. The molecule has 126 valence electrons. The molecule has 1 aliphatic rings. The topological polar surface area (TPSA) is 52.4 Å². The van der Waals surface area contributed by atoms with E-state index in [1.807, 2.05) is 43.3 Å². The summed E-state index contributed by atoms with van der Waals surface area (Å²) in [5, 5.41) is 8.79. The van der Waals surface area contributed by atoms with Crippen molar-refractivity contribution in [3.63, 3.8) is 0 Å². The Morgan fingerprint density at radius 2 is 1.83 bits per heavy atom. The van der Waals surface area contributed by atoms with Crippen molar-refractivity contribution < 1.29 is 9.47 Å². The zero-order valence-electron chi connectivity index (χ0n) is 13.7. The van der Waals surface area contributed by atoms with Crippen molar-refractivity contribution in [2.24, 2.45) is 7.05 Å². The van der Waals surface area contributed by atoms with E-state index in [9.17, 15) is 0 Å². The fourth-order valence-corrected chi connectivity index (χ4v) is 2.86. The predicted molar refractivity (Wildman–Crippen MR) is 92.1 cm³/mol. The summed E-state index contributed by atoms with van der Waals surface area (Å²) in [6, 6.07) is 7.92. The second-order valence-electron chi connectivity index (χ2n) is 5.56. The van der Waals surface area contributed by atoms with Gasteiger partial charge < -0.3 is 14.4 Å². The number of methoxy groups -OCH3 is 1. The summed E-state index contributed by atoms with van der Waals surface area (Å²) >= 11 is 0. The SMILES string of the molecule is COc1ccc(N(C)c2nnc(C3CCOCC3)n2C)cc1.Cl. The number of anilines is 2. The van der Waals surface area contributed by atoms with Crippen LogP contribution in [0, 0.1) is 0 Å². The molecule has 1 fully saturated rings. The molecule has 6 nitrogen and oxygen atoms in total. The van der Waals surface area contributed by atoms with E-state index in [0.29, 0.717) is 5.92 Å². The van der Waals surface area contributed by atoms with Crippen LogP contribution in [0.1, 0.15) is 24.6 Å². The van der Waals surface area contributed by atoms with Gasteiger partial charge in [-0.05, 0) is 37.1 Å². The summed E-state index contributed by atoms with van der Waals surface area (Å²) in [6.07, 6.45) is 2.02. The van der Waals surface area contributed by atoms with Crippen molar-refractivity contribution in [2.45, 2.75) is 18.8 Å². The van der Waals surface area contributed by atoms with Gasteiger partial charge in [-0.15, -0.1) is 22.6 Å². The molecule has 0 radical (unpaired) electrons. The molecule has 2 aromatic rings. The van der Waals surface area contributed by atoms with E-state index in [4.69, 9.17) is 9.47 Å². The van der Waals surface area contributed by atoms with Crippen molar-refractivity contribution in [1.82, 2.24) is 14.8 Å². The van der Waals surface area contributed by atoms with Gasteiger partial charge in [0.05, 0.1) is 7.11 Å². The third kappa shape index (κ3) is 3.59. The minimum atomic E-state index is 0. The molecule has 0 bridgehead atoms. The molecular formula is C16H23ClN4O2. The van der Waals surface area contributed by atoms with Crippen LogP contribution >= 0.6 is 12.4 Å². The van der Waals surface area contributed by atoms with Gasteiger partial charge in [0.2, 0.25) is 5.95 Å². The summed E-state index contributed by atoms with van der Waals surface area (Å²) < 4.78 is 12.7. The molecule has 0 unspecified atom stereocenters. The highest BCUT2D eigenvalue weighted by molar-refractivity contribution is 5.85. The molecule has 23 heavy (non-hydrogen) atoms. The van der Waals surface area contributed by atoms with E-state index < -0.39 is 0 Å². The molecule has 1 aromatic carbocycles. The van der Waals surface area contributed by atoms with Crippen molar-refractivity contribution in [3.8, 4) is 5.75 Å². The van der Waals surface area contributed by atoms with Crippen LogP contribution in [-0.2, 0) is 11.8 Å². The minimum Gasteiger partial charge on any atom is -0.497 e. The number of nitrogens with zero attached hydrogens (tertiary/aromatic N) is 4. The normalized spacial score (nSPS) is 15.1. The van der Waals surface area contributed by atoms with Gasteiger partial charge >= 0.3 is 0 Å². The monoisotopic (exact) mass is 338 g/mol. The first-order valence-electron chi connectivity index (χ1n) is 7.55. The van der Waals surface area contributed by atoms with Gasteiger partial charge in [0, 0.05) is 38.9 Å². The molecule has 0 saturated carbocycles. The maximum absolute atomic E-state index is 5.43. The lowest BCUT2D eigenvalue weighted by molar-refractivity contribution is 0.0830. The zero-order chi connectivity index (χ0) is 15.5. The third-order valence-corrected chi connectivity index (χ3v) is 4.23. The van der Waals surface area contributed by atoms with E-state index in [-0.39, 0.29) is 12.4 Å². The Hall–Kier alpha value is -1.79. The summed E-state index contributed by atoms with van der Waals surface area (Å²) in [6.45, 7) is 1.61. The highest BCUT2D eigenvalue weighted by Crippen LogP contribution is 2.29. The molecule has 2 heterocycles. The third-order valence-electron chi connectivity index (χ3n) is 4.23. The average Bonchev–Trinajstić information content (AvgIpc) is 2.96. The number of hydrogen-bond donors (Lipinski definition) is 0. The molecule has 3 rings (SSSR count). The Bertz CT molecular complexity index is 624. The van der Waals surface area contributed by atoms with Crippen LogP contribution < -0.4 is 9.64 Å². The summed E-state index contributed by atoms with van der Waals surface area (Å²) in [7, 11) is 5.70. The van der Waals surface area contributed by atoms with Gasteiger partial charge in [0.15, 0.2) is 0 Å². The number of hydrogen-bond acceptors (Lipinski definition) is 5. The number of halogens is 1. The van der Waals surface area contributed by atoms with Gasteiger partial charge in [0.25, 0.3) is 0 Å². The first kappa shape index (κ1) is 17.6. The number of rotatable bonds is 4. The molecule has 0 aliphatic carbocycles. The van der Waals surface area contributed by atoms with Crippen LogP contribution in [0.2, 0.25) is 0 Å². The molecule has 1 aliphatic heterocycles. The van der Waals surface area contributed by atoms with Crippen LogP contribution in [0.3, 0.4) is 0 Å². The summed E-state index contributed by atoms with van der Waals surface area (Å²) in [5.41, 5.74) is 1.05. The molecule has 0 amide bonds. The maximum Gasteiger partial charge on any atom is 0.231 e. The van der Waals surface area contributed by atoms with Gasteiger partial charge in [-0.25, -0.2) is 0 Å². The largest absolute Gasteiger partial charge is 0.497 e. The van der Waals surface area contributed by atoms with Crippen LogP contribution in [0.5, 0.6) is 5.75 Å². The smallest absolute Gasteiger partial charge is 0.231 e. The zero-order valence-corrected chi connectivity index (χ0v) is 14.5. The molecular weight excluding hydrogens is 316 g/mol. The van der Waals surface area contributed by atoms with Crippen molar-refractivity contribution in [3.05, 3.63) is 30.1 Å². The quantitative estimate of drug-likeness (QED) is 0.858. The van der Waals surface area contributed by atoms with E-state index >= 15 is 0 Å². The molecule has 0 N–H and O–H groups in total. The number of ether oxygens (including phenoxy) is 2. The Morgan fingerprint density at radius 1 is 1.17 bits per heavy atom. The number of benzene rings is 1. The molecule has 1 aromatic heterocycles. The average molecular weight is 339 g/mol. The van der Waals surface area contributed by atoms with Crippen molar-refractivity contribution in [1.29, 1.82) is 0 Å². The predicted octanol–water partition coefficient (Wildman–Crippen LogP) is 2.91. The Morgan fingerprint density at radius 3 is 2.43 bits per heavy atom. The van der Waals surface area contributed by atoms with Crippen molar-refractivity contribution >= 4 is 24.0 Å². The summed E-state index contributed by atoms with van der Waals surface area (Å²) in [4.78, 5) is 2.04. The van der Waals surface area contributed by atoms with Crippen molar-refractivity contribution in [2.75, 3.05) is 32.3 Å². The second kappa shape index (κ2) is 7.66. The first-order chi connectivity index (χ1) is 10.7. The Labute approximate surface area is 142 Å². The standard InChI is InChI=1S/C16H22N4O2.ClH/c1-19(13-4-6-14(21-3)7-5-13)16-18-17-15(20(16)2)12-8-10-22-11-9-12;/h4-7,12H,8-11H2,1-3H3;1H. The molecule has 1 saturated heterocycles. The van der Waals surface area contributed by atoms with Gasteiger partial charge in [0.1, 0.15) is 11.6 Å². The number of aromatic nitrogens is 3. The maximum atomic E-state index is 5.43.